The van der Waals surface area contributed by atoms with Gasteiger partial charge in [-0.2, -0.15) is 18.3 Å². The van der Waals surface area contributed by atoms with E-state index < -0.39 is 18.6 Å². The number of benzene rings is 1. The molecule has 2 aromatic heterocycles. The number of halogens is 4. The highest BCUT2D eigenvalue weighted by Crippen LogP contribution is 2.36. The predicted molar refractivity (Wildman–Crippen MR) is 121 cm³/mol. The normalized spacial score (nSPS) is 14.2. The number of carbonyl (C=O) groups is 2. The summed E-state index contributed by atoms with van der Waals surface area (Å²) in [5, 5.41) is 10.5. The maximum atomic E-state index is 12.9. The molecule has 1 fully saturated rings. The van der Waals surface area contributed by atoms with Crippen LogP contribution in [0.1, 0.15) is 28.9 Å². The lowest BCUT2D eigenvalue weighted by Gasteiger charge is -2.38. The third-order valence-electron chi connectivity index (χ3n) is 5.45. The highest BCUT2D eigenvalue weighted by molar-refractivity contribution is 6.35. The van der Waals surface area contributed by atoms with Gasteiger partial charge in [-0.1, -0.05) is 17.7 Å². The summed E-state index contributed by atoms with van der Waals surface area (Å²) in [5.41, 5.74) is 1.66. The van der Waals surface area contributed by atoms with Gasteiger partial charge in [0.1, 0.15) is 18.9 Å². The number of anilines is 1. The van der Waals surface area contributed by atoms with Crippen LogP contribution in [0.25, 0.3) is 10.9 Å². The van der Waals surface area contributed by atoms with Crippen molar-refractivity contribution in [1.82, 2.24) is 25.0 Å². The van der Waals surface area contributed by atoms with Crippen LogP contribution in [0.2, 0.25) is 5.02 Å². The van der Waals surface area contributed by atoms with Gasteiger partial charge in [0.05, 0.1) is 16.2 Å². The van der Waals surface area contributed by atoms with Crippen molar-refractivity contribution in [2.24, 2.45) is 0 Å². The maximum absolute atomic E-state index is 12.9. The Labute approximate surface area is 198 Å². The van der Waals surface area contributed by atoms with Crippen LogP contribution in [0, 0.1) is 0 Å². The Morgan fingerprint density at radius 3 is 2.71 bits per heavy atom. The van der Waals surface area contributed by atoms with Crippen molar-refractivity contribution in [3.05, 3.63) is 52.8 Å². The molecule has 1 saturated heterocycles. The Hall–Kier alpha value is -3.34. The number of nitrogens with one attached hydrogen (secondary N) is 2. The summed E-state index contributed by atoms with van der Waals surface area (Å²) in [5.74, 6) is -0.460. The van der Waals surface area contributed by atoms with Gasteiger partial charge in [0.25, 0.3) is 5.91 Å². The average molecular weight is 495 g/mol. The van der Waals surface area contributed by atoms with E-state index in [9.17, 15) is 22.8 Å². The molecule has 12 heteroatoms. The number of alkyl halides is 3. The van der Waals surface area contributed by atoms with Gasteiger partial charge in [-0.15, -0.1) is 0 Å². The van der Waals surface area contributed by atoms with Gasteiger partial charge in [-0.25, -0.2) is 4.98 Å². The molecule has 34 heavy (non-hydrogen) atoms. The molecular weight excluding hydrogens is 473 g/mol. The number of likely N-dealkylation sites (tertiary alicyclic amines) is 1. The zero-order valence-electron chi connectivity index (χ0n) is 18.2. The first-order valence-corrected chi connectivity index (χ1v) is 11.0. The Kier molecular flexibility index (Phi) is 6.65. The lowest BCUT2D eigenvalue weighted by atomic mass is 9.93. The van der Waals surface area contributed by atoms with E-state index >= 15 is 0 Å². The highest BCUT2D eigenvalue weighted by atomic mass is 35.5. The number of pyridine rings is 1. The lowest BCUT2D eigenvalue weighted by molar-refractivity contribution is -0.138. The van der Waals surface area contributed by atoms with Crippen LogP contribution in [-0.4, -0.2) is 63.8 Å². The van der Waals surface area contributed by atoms with Crippen molar-refractivity contribution in [2.45, 2.75) is 25.6 Å². The Balaban J connectivity index is 1.50. The summed E-state index contributed by atoms with van der Waals surface area (Å²) in [4.78, 5) is 30.8. The van der Waals surface area contributed by atoms with Crippen LogP contribution in [0.15, 0.2) is 36.5 Å². The molecule has 4 rings (SSSR count). The van der Waals surface area contributed by atoms with Crippen molar-refractivity contribution in [2.75, 3.05) is 31.5 Å². The van der Waals surface area contributed by atoms with Gasteiger partial charge < -0.3 is 15.5 Å². The first kappa shape index (κ1) is 23.8. The summed E-state index contributed by atoms with van der Waals surface area (Å²) in [6, 6.07) is 8.42. The van der Waals surface area contributed by atoms with Gasteiger partial charge in [0.15, 0.2) is 0 Å². The van der Waals surface area contributed by atoms with E-state index in [1.165, 1.54) is 4.68 Å². The second-order valence-corrected chi connectivity index (χ2v) is 8.34. The molecule has 1 aliphatic heterocycles. The van der Waals surface area contributed by atoms with Crippen LogP contribution < -0.4 is 10.6 Å². The van der Waals surface area contributed by atoms with Crippen LogP contribution in [0.3, 0.4) is 0 Å². The highest BCUT2D eigenvalue weighted by Gasteiger charge is 2.36. The number of hydrogen-bond acceptors (Lipinski definition) is 5. The molecule has 0 atom stereocenters. The third-order valence-corrected chi connectivity index (χ3v) is 5.77. The SMILES string of the molecule is CCNc1cc(C(=O)N2CC(c3nn(CC(=O)NCC(F)(F)F)c4cccc(Cl)c34)C2)ccn1. The van der Waals surface area contributed by atoms with Crippen molar-refractivity contribution in [3.63, 3.8) is 0 Å². The summed E-state index contributed by atoms with van der Waals surface area (Å²) < 4.78 is 38.6. The van der Waals surface area contributed by atoms with Gasteiger partial charge >= 0.3 is 6.18 Å². The molecule has 0 unspecified atom stereocenters. The predicted octanol–water partition coefficient (Wildman–Crippen LogP) is 3.43. The van der Waals surface area contributed by atoms with Crippen LogP contribution in [-0.2, 0) is 11.3 Å². The lowest BCUT2D eigenvalue weighted by Crippen LogP contribution is -2.48. The molecule has 3 heterocycles. The van der Waals surface area contributed by atoms with Crippen molar-refractivity contribution < 1.29 is 22.8 Å². The number of nitrogens with zero attached hydrogens (tertiary/aromatic N) is 4. The number of aromatic nitrogens is 3. The van der Waals surface area contributed by atoms with E-state index in [4.69, 9.17) is 11.6 Å². The summed E-state index contributed by atoms with van der Waals surface area (Å²) in [6.45, 7) is 1.62. The largest absolute Gasteiger partial charge is 0.405 e. The fraction of sp³-hybridized carbons (Fsp3) is 0.364. The van der Waals surface area contributed by atoms with Crippen LogP contribution in [0.5, 0.6) is 0 Å². The van der Waals surface area contributed by atoms with Crippen molar-refractivity contribution in [3.8, 4) is 0 Å². The molecule has 0 aliphatic carbocycles. The molecule has 3 aromatic rings. The first-order valence-electron chi connectivity index (χ1n) is 10.6. The molecule has 0 radical (unpaired) electrons. The van der Waals surface area contributed by atoms with Gasteiger partial charge in [-0.05, 0) is 31.2 Å². The number of hydrogen-bond donors (Lipinski definition) is 2. The minimum atomic E-state index is -4.50. The number of amides is 2. The quantitative estimate of drug-likeness (QED) is 0.525. The Morgan fingerprint density at radius 1 is 1.24 bits per heavy atom. The smallest absolute Gasteiger partial charge is 0.370 e. The molecule has 1 aromatic carbocycles. The van der Waals surface area contributed by atoms with Gasteiger partial charge in [0.2, 0.25) is 5.91 Å². The maximum Gasteiger partial charge on any atom is 0.405 e. The number of fused-ring (bicyclic) bond motifs is 1. The Bertz CT molecular complexity index is 1220. The third kappa shape index (κ3) is 5.09. The van der Waals surface area contributed by atoms with Crippen molar-refractivity contribution in [1.29, 1.82) is 0 Å². The fourth-order valence-electron chi connectivity index (χ4n) is 3.85. The second-order valence-electron chi connectivity index (χ2n) is 7.94. The van der Waals surface area contributed by atoms with Gasteiger partial charge in [0, 0.05) is 42.7 Å². The Morgan fingerprint density at radius 2 is 2.00 bits per heavy atom. The first-order chi connectivity index (χ1) is 16.2. The average Bonchev–Trinajstić information content (AvgIpc) is 3.10. The van der Waals surface area contributed by atoms with E-state index in [0.29, 0.717) is 52.6 Å². The molecular formula is C22H22ClF3N6O2. The zero-order chi connectivity index (χ0) is 24.5. The monoisotopic (exact) mass is 494 g/mol. The molecule has 0 spiro atoms. The number of carbonyl (C=O) groups excluding carboxylic acids is 2. The zero-order valence-corrected chi connectivity index (χ0v) is 19.0. The molecule has 2 N–H and O–H groups in total. The molecule has 1 aliphatic rings. The molecule has 180 valence electrons. The molecule has 0 bridgehead atoms. The molecule has 8 nitrogen and oxygen atoms in total. The van der Waals surface area contributed by atoms with Crippen LogP contribution in [0.4, 0.5) is 19.0 Å². The minimum Gasteiger partial charge on any atom is -0.370 e. The van der Waals surface area contributed by atoms with Crippen LogP contribution >= 0.6 is 11.6 Å². The standard InChI is InChI=1S/C22H22ClF3N6O2/c1-2-27-17-8-13(6-7-28-17)21(34)31-9-14(10-31)20-19-15(23)4-3-5-16(19)32(30-20)11-18(33)29-12-22(24,25)26/h3-8,14H,2,9-12H2,1H3,(H,27,28)(H,29,33). The van der Waals surface area contributed by atoms with Crippen molar-refractivity contribution >= 4 is 40.1 Å². The molecule has 0 saturated carbocycles. The second kappa shape index (κ2) is 9.49. The fourth-order valence-corrected chi connectivity index (χ4v) is 4.12. The molecule has 2 amide bonds. The van der Waals surface area contributed by atoms with E-state index in [-0.39, 0.29) is 18.4 Å². The van der Waals surface area contributed by atoms with E-state index in [1.807, 2.05) is 12.2 Å². The van der Waals surface area contributed by atoms with E-state index in [2.05, 4.69) is 15.4 Å². The topological polar surface area (TPSA) is 92.2 Å². The number of rotatable bonds is 7. The summed E-state index contributed by atoms with van der Waals surface area (Å²) in [6.07, 6.45) is -2.93. The minimum absolute atomic E-state index is 0.124. The summed E-state index contributed by atoms with van der Waals surface area (Å²) in [7, 11) is 0. The van der Waals surface area contributed by atoms with Gasteiger partial charge in [-0.3, -0.25) is 14.3 Å². The van der Waals surface area contributed by atoms with E-state index in [0.717, 1.165) is 0 Å². The summed E-state index contributed by atoms with van der Waals surface area (Å²) >= 11 is 6.40. The van der Waals surface area contributed by atoms with E-state index in [1.54, 1.807) is 41.4 Å².